The highest BCUT2D eigenvalue weighted by atomic mass is 35.5. The van der Waals surface area contributed by atoms with Gasteiger partial charge in [-0.05, 0) is 67.8 Å². The normalized spacial score (nSPS) is 11.1. The molecule has 2 heterocycles. The minimum Gasteiger partial charge on any atom is -0.309 e. The first-order chi connectivity index (χ1) is 14.9. The van der Waals surface area contributed by atoms with Crippen molar-refractivity contribution in [3.8, 4) is 6.07 Å². The van der Waals surface area contributed by atoms with Gasteiger partial charge in [-0.2, -0.15) is 5.26 Å². The lowest BCUT2D eigenvalue weighted by molar-refractivity contribution is 0.102. The predicted octanol–water partition coefficient (Wildman–Crippen LogP) is 5.78. The number of hydrogen-bond donors (Lipinski definition) is 1. The summed E-state index contributed by atoms with van der Waals surface area (Å²) in [6, 6.07) is 12.8. The summed E-state index contributed by atoms with van der Waals surface area (Å²) in [5.41, 5.74) is 5.62. The number of aryl methyl sites for hydroxylation is 3. The van der Waals surface area contributed by atoms with E-state index in [1.54, 1.807) is 24.3 Å². The highest BCUT2D eigenvalue weighted by Gasteiger charge is 2.22. The van der Waals surface area contributed by atoms with Crippen LogP contribution in [-0.4, -0.2) is 20.4 Å². The Morgan fingerprint density at radius 2 is 1.77 bits per heavy atom. The Balaban J connectivity index is 1.91. The number of hydrogen-bond acceptors (Lipinski definition) is 4. The average molecular weight is 432 g/mol. The molecule has 2 aromatic heterocycles. The Hall–Kier alpha value is -3.43. The molecule has 0 atom stereocenters. The number of benzene rings is 2. The van der Waals surface area contributed by atoms with Gasteiger partial charge in [-0.15, -0.1) is 0 Å². The van der Waals surface area contributed by atoms with Gasteiger partial charge in [0.05, 0.1) is 11.0 Å². The van der Waals surface area contributed by atoms with Crippen molar-refractivity contribution in [2.24, 2.45) is 0 Å². The van der Waals surface area contributed by atoms with Crippen LogP contribution in [0, 0.1) is 25.2 Å². The number of carbonyl (C=O) groups excluding carboxylic acids is 1. The van der Waals surface area contributed by atoms with Gasteiger partial charge in [0.1, 0.15) is 23.0 Å². The van der Waals surface area contributed by atoms with Gasteiger partial charge in [-0.1, -0.05) is 24.9 Å². The number of unbranched alkanes of at least 4 members (excludes halogenated alkanes) is 1. The van der Waals surface area contributed by atoms with E-state index < -0.39 is 0 Å². The number of amides is 1. The molecular formula is C24H22ClN5O. The third-order valence-corrected chi connectivity index (χ3v) is 5.70. The van der Waals surface area contributed by atoms with Crippen molar-refractivity contribution in [3.05, 3.63) is 63.7 Å². The minimum absolute atomic E-state index is 0.315. The van der Waals surface area contributed by atoms with Gasteiger partial charge in [-0.3, -0.25) is 4.79 Å². The topological polar surface area (TPSA) is 83.6 Å². The fourth-order valence-corrected chi connectivity index (χ4v) is 3.69. The molecule has 7 heteroatoms. The lowest BCUT2D eigenvalue weighted by Gasteiger charge is -2.11. The van der Waals surface area contributed by atoms with Crippen LogP contribution in [0.25, 0.3) is 22.2 Å². The quantitative estimate of drug-likeness (QED) is 0.434. The maximum Gasteiger partial charge on any atom is 0.256 e. The van der Waals surface area contributed by atoms with Gasteiger partial charge in [0.15, 0.2) is 5.65 Å². The number of nitrogens with zero attached hydrogens (tertiary/aromatic N) is 4. The van der Waals surface area contributed by atoms with E-state index in [1.165, 1.54) is 0 Å². The van der Waals surface area contributed by atoms with E-state index in [9.17, 15) is 10.1 Å². The van der Waals surface area contributed by atoms with E-state index in [4.69, 9.17) is 21.6 Å². The van der Waals surface area contributed by atoms with E-state index in [-0.39, 0.29) is 5.91 Å². The third-order valence-electron chi connectivity index (χ3n) is 5.45. The van der Waals surface area contributed by atoms with E-state index in [0.717, 1.165) is 35.0 Å². The molecule has 4 aromatic rings. The van der Waals surface area contributed by atoms with Crippen LogP contribution in [0.2, 0.25) is 5.02 Å². The first-order valence-corrected chi connectivity index (χ1v) is 10.6. The van der Waals surface area contributed by atoms with Crippen LogP contribution in [0.5, 0.6) is 0 Å². The van der Waals surface area contributed by atoms with Crippen molar-refractivity contribution in [3.63, 3.8) is 0 Å². The fourth-order valence-electron chi connectivity index (χ4n) is 3.56. The Labute approximate surface area is 185 Å². The van der Waals surface area contributed by atoms with Crippen molar-refractivity contribution in [1.82, 2.24) is 14.5 Å². The van der Waals surface area contributed by atoms with Gasteiger partial charge in [0.25, 0.3) is 5.91 Å². The highest BCUT2D eigenvalue weighted by Crippen LogP contribution is 2.31. The number of nitrogens with one attached hydrogen (secondary N) is 1. The number of nitriles is 1. The van der Waals surface area contributed by atoms with Crippen LogP contribution in [-0.2, 0) is 6.54 Å². The van der Waals surface area contributed by atoms with Crippen LogP contribution in [0.1, 0.15) is 46.8 Å². The second-order valence-corrected chi connectivity index (χ2v) is 8.06. The Morgan fingerprint density at radius 1 is 1.13 bits per heavy atom. The molecule has 0 aliphatic rings. The van der Waals surface area contributed by atoms with Crippen molar-refractivity contribution in [2.45, 2.75) is 40.2 Å². The number of aromatic nitrogens is 3. The summed E-state index contributed by atoms with van der Waals surface area (Å²) in [4.78, 5) is 22.5. The summed E-state index contributed by atoms with van der Waals surface area (Å²) in [7, 11) is 0. The van der Waals surface area contributed by atoms with Crippen LogP contribution in [0.4, 0.5) is 5.82 Å². The molecule has 0 aliphatic heterocycles. The predicted molar refractivity (Wildman–Crippen MR) is 124 cm³/mol. The van der Waals surface area contributed by atoms with Crippen molar-refractivity contribution >= 4 is 45.5 Å². The van der Waals surface area contributed by atoms with Crippen molar-refractivity contribution < 1.29 is 4.79 Å². The van der Waals surface area contributed by atoms with Crippen LogP contribution >= 0.6 is 11.6 Å². The van der Waals surface area contributed by atoms with Gasteiger partial charge in [-0.25, -0.2) is 9.97 Å². The van der Waals surface area contributed by atoms with Crippen molar-refractivity contribution in [2.75, 3.05) is 5.32 Å². The SMILES string of the molecule is CCCCn1c(NC(=O)c2ccc(Cl)cc2)c(C#N)c2nc3cc(C)c(C)cc3nc21. The fraction of sp³-hybridized carbons (Fsp3) is 0.250. The van der Waals surface area contributed by atoms with Gasteiger partial charge < -0.3 is 9.88 Å². The first kappa shape index (κ1) is 20.8. The first-order valence-electron chi connectivity index (χ1n) is 10.2. The summed E-state index contributed by atoms with van der Waals surface area (Å²) in [5, 5.41) is 13.4. The second kappa shape index (κ2) is 8.37. The lowest BCUT2D eigenvalue weighted by Crippen LogP contribution is -2.16. The third kappa shape index (κ3) is 3.85. The smallest absolute Gasteiger partial charge is 0.256 e. The number of rotatable bonds is 5. The summed E-state index contributed by atoms with van der Waals surface area (Å²) in [6.45, 7) is 6.78. The largest absolute Gasteiger partial charge is 0.309 e. The van der Waals surface area contributed by atoms with E-state index in [0.29, 0.717) is 39.7 Å². The number of anilines is 1. The molecule has 2 aromatic carbocycles. The molecule has 31 heavy (non-hydrogen) atoms. The zero-order valence-corrected chi connectivity index (χ0v) is 18.4. The summed E-state index contributed by atoms with van der Waals surface area (Å²) in [5.74, 6) is 0.111. The molecule has 0 fully saturated rings. The monoisotopic (exact) mass is 431 g/mol. The molecule has 0 radical (unpaired) electrons. The average Bonchev–Trinajstić information content (AvgIpc) is 3.03. The van der Waals surface area contributed by atoms with Crippen molar-refractivity contribution in [1.29, 1.82) is 5.26 Å². The molecule has 0 saturated heterocycles. The minimum atomic E-state index is -0.315. The lowest BCUT2D eigenvalue weighted by atomic mass is 10.1. The second-order valence-electron chi connectivity index (χ2n) is 7.62. The summed E-state index contributed by atoms with van der Waals surface area (Å²) < 4.78 is 1.90. The zero-order valence-electron chi connectivity index (χ0n) is 17.7. The molecule has 1 amide bonds. The summed E-state index contributed by atoms with van der Waals surface area (Å²) in [6.07, 6.45) is 1.84. The van der Waals surface area contributed by atoms with Gasteiger partial charge in [0, 0.05) is 17.1 Å². The van der Waals surface area contributed by atoms with Crippen LogP contribution in [0.15, 0.2) is 36.4 Å². The molecular weight excluding hydrogens is 410 g/mol. The van der Waals surface area contributed by atoms with E-state index >= 15 is 0 Å². The standard InChI is InChI=1S/C24H22ClN5O/c1-4-5-10-30-22(29-24(31)16-6-8-17(25)9-7-16)18(13-26)21-23(30)28-20-12-15(3)14(2)11-19(20)27-21/h6-9,11-12H,4-5,10H2,1-3H3,(H,29,31). The van der Waals surface area contributed by atoms with E-state index in [1.807, 2.05) is 30.5 Å². The zero-order chi connectivity index (χ0) is 22.1. The number of carbonyl (C=O) groups is 1. The number of fused-ring (bicyclic) bond motifs is 2. The molecule has 0 unspecified atom stereocenters. The van der Waals surface area contributed by atoms with Crippen LogP contribution < -0.4 is 5.32 Å². The summed E-state index contributed by atoms with van der Waals surface area (Å²) >= 11 is 5.94. The molecule has 1 N–H and O–H groups in total. The highest BCUT2D eigenvalue weighted by molar-refractivity contribution is 6.30. The molecule has 156 valence electrons. The molecule has 4 rings (SSSR count). The van der Waals surface area contributed by atoms with Crippen LogP contribution in [0.3, 0.4) is 0 Å². The molecule has 0 saturated carbocycles. The van der Waals surface area contributed by atoms with E-state index in [2.05, 4.69) is 18.3 Å². The molecule has 0 bridgehead atoms. The maximum absolute atomic E-state index is 12.9. The molecule has 6 nitrogen and oxygen atoms in total. The Bertz CT molecular complexity index is 1350. The molecule has 0 spiro atoms. The molecule has 0 aliphatic carbocycles. The van der Waals surface area contributed by atoms with Gasteiger partial charge >= 0.3 is 0 Å². The van der Waals surface area contributed by atoms with Gasteiger partial charge in [0.2, 0.25) is 0 Å². The maximum atomic E-state index is 12.9. The number of halogens is 1. The Kier molecular flexibility index (Phi) is 5.62. The Morgan fingerprint density at radius 3 is 2.39 bits per heavy atom.